The van der Waals surface area contributed by atoms with Crippen LogP contribution in [0, 0.1) is 10.1 Å². The molecule has 1 aliphatic heterocycles. The van der Waals surface area contributed by atoms with Crippen molar-refractivity contribution in [3.63, 3.8) is 0 Å². The number of thiazole rings is 1. The van der Waals surface area contributed by atoms with Gasteiger partial charge in [-0.3, -0.25) is 19.5 Å². The molecule has 1 aliphatic carbocycles. The number of fused-ring (bicyclic) bond motifs is 3. The number of furan rings is 1. The number of aryl methyl sites for hydroxylation is 1. The summed E-state index contributed by atoms with van der Waals surface area (Å²) in [6.45, 7) is 0. The van der Waals surface area contributed by atoms with E-state index in [9.17, 15) is 14.9 Å². The quantitative estimate of drug-likeness (QED) is 0.227. The van der Waals surface area contributed by atoms with Crippen LogP contribution in [0.1, 0.15) is 34.9 Å². The number of hydrogen-bond acceptors (Lipinski definition) is 6. The van der Waals surface area contributed by atoms with Crippen molar-refractivity contribution >= 4 is 28.8 Å². The van der Waals surface area contributed by atoms with Crippen molar-refractivity contribution in [1.29, 1.82) is 0 Å². The minimum Gasteiger partial charge on any atom is -0.457 e. The first-order valence-corrected chi connectivity index (χ1v) is 13.4. The third kappa shape index (κ3) is 3.97. The number of nitrogens with zero attached hydrogens (tertiary/aromatic N) is 3. The molecular formula is C31H21N3O4S. The fourth-order valence-corrected chi connectivity index (χ4v) is 6.43. The second-order valence-electron chi connectivity index (χ2n) is 9.53. The molecule has 0 unspecified atom stereocenters. The van der Waals surface area contributed by atoms with Gasteiger partial charge in [-0.05, 0) is 41.7 Å². The Morgan fingerprint density at radius 1 is 0.974 bits per heavy atom. The Balaban J connectivity index is 1.37. The van der Waals surface area contributed by atoms with Gasteiger partial charge in [0.2, 0.25) is 0 Å². The van der Waals surface area contributed by atoms with Gasteiger partial charge in [-0.25, -0.2) is 4.99 Å². The number of hydrogen-bond donors (Lipinski definition) is 0. The van der Waals surface area contributed by atoms with Crippen molar-refractivity contribution in [1.82, 2.24) is 4.57 Å². The van der Waals surface area contributed by atoms with Gasteiger partial charge in [0.15, 0.2) is 4.80 Å². The highest BCUT2D eigenvalue weighted by molar-refractivity contribution is 7.07. The Kier molecular flexibility index (Phi) is 5.49. The number of nitro benzene ring substituents is 1. The Bertz CT molecular complexity index is 1980. The molecule has 0 spiro atoms. The van der Waals surface area contributed by atoms with E-state index in [1.807, 2.05) is 28.8 Å². The topological polar surface area (TPSA) is 90.6 Å². The lowest BCUT2D eigenvalue weighted by atomic mass is 9.83. The smallest absolute Gasteiger partial charge is 0.271 e. The summed E-state index contributed by atoms with van der Waals surface area (Å²) in [5, 5.41) is 11.2. The van der Waals surface area contributed by atoms with Crippen LogP contribution in [0.5, 0.6) is 0 Å². The van der Waals surface area contributed by atoms with E-state index in [1.54, 1.807) is 30.3 Å². The van der Waals surface area contributed by atoms with E-state index in [4.69, 9.17) is 9.41 Å². The number of benzene rings is 3. The number of non-ortho nitro benzene ring substituents is 1. The van der Waals surface area contributed by atoms with Crippen molar-refractivity contribution in [3.8, 4) is 11.3 Å². The molecule has 0 radical (unpaired) electrons. The Morgan fingerprint density at radius 3 is 2.64 bits per heavy atom. The molecule has 8 heteroatoms. The minimum atomic E-state index is -0.435. The molecule has 2 aliphatic rings. The fourth-order valence-electron chi connectivity index (χ4n) is 5.45. The van der Waals surface area contributed by atoms with Gasteiger partial charge in [-0.2, -0.15) is 0 Å². The number of aromatic nitrogens is 1. The predicted octanol–water partition coefficient (Wildman–Crippen LogP) is 5.49. The Hall–Kier alpha value is -4.82. The zero-order chi connectivity index (χ0) is 26.5. The molecule has 39 heavy (non-hydrogen) atoms. The number of nitro groups is 1. The molecule has 0 fully saturated rings. The van der Waals surface area contributed by atoms with Crippen LogP contribution in [0.2, 0.25) is 0 Å². The zero-order valence-corrected chi connectivity index (χ0v) is 21.4. The summed E-state index contributed by atoms with van der Waals surface area (Å²) in [6.07, 6.45) is 3.47. The molecular weight excluding hydrogens is 510 g/mol. The lowest BCUT2D eigenvalue weighted by molar-refractivity contribution is -0.384. The molecule has 1 atom stereocenters. The Morgan fingerprint density at radius 2 is 1.79 bits per heavy atom. The van der Waals surface area contributed by atoms with Crippen LogP contribution in [0.25, 0.3) is 23.1 Å². The van der Waals surface area contributed by atoms with Gasteiger partial charge in [0, 0.05) is 29.3 Å². The monoisotopic (exact) mass is 531 g/mol. The molecule has 7 rings (SSSR count). The van der Waals surface area contributed by atoms with Crippen molar-refractivity contribution < 1.29 is 9.34 Å². The third-order valence-electron chi connectivity index (χ3n) is 7.23. The molecule has 2 aromatic heterocycles. The van der Waals surface area contributed by atoms with E-state index < -0.39 is 4.92 Å². The second kappa shape index (κ2) is 9.18. The average Bonchev–Trinajstić information content (AvgIpc) is 3.56. The molecule has 190 valence electrons. The fraction of sp³-hybridized carbons (Fsp3) is 0.0968. The summed E-state index contributed by atoms with van der Waals surface area (Å²) in [5.74, 6) is 0.985. The Labute approximate surface area is 226 Å². The summed E-state index contributed by atoms with van der Waals surface area (Å²) in [7, 11) is 0. The van der Waals surface area contributed by atoms with E-state index in [2.05, 4.69) is 30.3 Å². The SMILES string of the molecule is O=c1/c(=C\c2ccc(-c3cccc([N+](=O)[O-])c3)o2)sc2n1[C@H](c1ccccc1)C1=C(N=2)c2ccccc2CC1. The lowest BCUT2D eigenvalue weighted by Crippen LogP contribution is -2.38. The van der Waals surface area contributed by atoms with Crippen LogP contribution in [0.4, 0.5) is 5.69 Å². The van der Waals surface area contributed by atoms with Crippen LogP contribution >= 0.6 is 11.3 Å². The highest BCUT2D eigenvalue weighted by Crippen LogP contribution is 2.41. The van der Waals surface area contributed by atoms with Gasteiger partial charge in [0.25, 0.3) is 11.2 Å². The molecule has 0 bridgehead atoms. The zero-order valence-electron chi connectivity index (χ0n) is 20.6. The summed E-state index contributed by atoms with van der Waals surface area (Å²) in [6, 6.07) is 28.0. The van der Waals surface area contributed by atoms with Gasteiger partial charge in [0.05, 0.1) is 21.2 Å². The molecule has 0 amide bonds. The van der Waals surface area contributed by atoms with Gasteiger partial charge in [-0.15, -0.1) is 0 Å². The van der Waals surface area contributed by atoms with Gasteiger partial charge < -0.3 is 4.42 Å². The lowest BCUT2D eigenvalue weighted by Gasteiger charge is -2.30. The van der Waals surface area contributed by atoms with Crippen LogP contribution < -0.4 is 14.9 Å². The van der Waals surface area contributed by atoms with Gasteiger partial charge >= 0.3 is 0 Å². The molecule has 3 aromatic carbocycles. The highest BCUT2D eigenvalue weighted by Gasteiger charge is 2.32. The van der Waals surface area contributed by atoms with Crippen LogP contribution in [-0.2, 0) is 6.42 Å². The third-order valence-corrected chi connectivity index (χ3v) is 8.21. The van der Waals surface area contributed by atoms with E-state index in [0.717, 1.165) is 35.2 Å². The average molecular weight is 532 g/mol. The van der Waals surface area contributed by atoms with E-state index >= 15 is 0 Å². The molecule has 0 N–H and O–H groups in total. The summed E-state index contributed by atoms with van der Waals surface area (Å²) in [5.41, 5.74) is 6.05. The normalized spacial score (nSPS) is 16.3. The van der Waals surface area contributed by atoms with Crippen molar-refractivity contribution in [3.05, 3.63) is 149 Å². The molecule has 5 aromatic rings. The maximum absolute atomic E-state index is 13.9. The minimum absolute atomic E-state index is 0.00906. The first-order valence-electron chi connectivity index (χ1n) is 12.6. The van der Waals surface area contributed by atoms with E-state index in [-0.39, 0.29) is 17.3 Å². The van der Waals surface area contributed by atoms with Crippen molar-refractivity contribution in [2.45, 2.75) is 18.9 Å². The second-order valence-corrected chi connectivity index (χ2v) is 10.5. The molecule has 7 nitrogen and oxygen atoms in total. The van der Waals surface area contributed by atoms with Gasteiger partial charge in [-0.1, -0.05) is 78.1 Å². The first-order chi connectivity index (χ1) is 19.1. The predicted molar refractivity (Wildman–Crippen MR) is 150 cm³/mol. The van der Waals surface area contributed by atoms with Crippen molar-refractivity contribution in [2.75, 3.05) is 0 Å². The van der Waals surface area contributed by atoms with Crippen molar-refractivity contribution in [2.24, 2.45) is 4.99 Å². The van der Waals surface area contributed by atoms with Crippen LogP contribution in [-0.4, -0.2) is 9.49 Å². The number of allylic oxidation sites excluding steroid dienone is 1. The summed E-state index contributed by atoms with van der Waals surface area (Å²) < 4.78 is 8.31. The largest absolute Gasteiger partial charge is 0.457 e. The standard InChI is InChI=1S/C31H21N3O4S/c35-30-27(18-23-14-16-26(38-23)21-10-6-11-22(17-21)34(36)37)39-31-32-28-24-12-5-4-7-19(24)13-15-25(28)29(33(30)31)20-8-2-1-3-9-20/h1-12,14,16-18,29H,13,15H2/b27-18+/t29-/m1/s1. The molecule has 0 saturated heterocycles. The summed E-state index contributed by atoms with van der Waals surface area (Å²) >= 11 is 1.34. The van der Waals surface area contributed by atoms with E-state index in [0.29, 0.717) is 26.4 Å². The first kappa shape index (κ1) is 23.3. The maximum atomic E-state index is 13.9. The van der Waals surface area contributed by atoms with Gasteiger partial charge in [0.1, 0.15) is 11.5 Å². The highest BCUT2D eigenvalue weighted by atomic mass is 32.1. The van der Waals surface area contributed by atoms with Crippen LogP contribution in [0.3, 0.4) is 0 Å². The molecule has 0 saturated carbocycles. The number of rotatable bonds is 4. The maximum Gasteiger partial charge on any atom is 0.271 e. The van der Waals surface area contributed by atoms with E-state index in [1.165, 1.54) is 29.0 Å². The molecule has 3 heterocycles. The van der Waals surface area contributed by atoms with Crippen LogP contribution in [0.15, 0.2) is 111 Å². The summed E-state index contributed by atoms with van der Waals surface area (Å²) in [4.78, 5) is 30.3.